The Morgan fingerprint density at radius 3 is 2.26 bits per heavy atom. The summed E-state index contributed by atoms with van der Waals surface area (Å²) in [5, 5.41) is 8.53. The van der Waals surface area contributed by atoms with Gasteiger partial charge in [-0.15, -0.1) is 11.3 Å². The Balaban J connectivity index is 1.78. The molecule has 0 spiro atoms. The van der Waals surface area contributed by atoms with Crippen molar-refractivity contribution in [1.29, 1.82) is 0 Å². The van der Waals surface area contributed by atoms with Crippen LogP contribution in [0.1, 0.15) is 20.8 Å². The van der Waals surface area contributed by atoms with Crippen molar-refractivity contribution in [3.05, 3.63) is 99.9 Å². The minimum absolute atomic E-state index is 0.110. The molecule has 0 saturated heterocycles. The summed E-state index contributed by atoms with van der Waals surface area (Å²) >= 11 is 1.51. The molecule has 0 saturated carbocycles. The van der Waals surface area contributed by atoms with Gasteiger partial charge >= 0.3 is 0 Å². The summed E-state index contributed by atoms with van der Waals surface area (Å²) < 4.78 is 0. The molecule has 3 aromatic rings. The largest absolute Gasteiger partial charge is 0.317 e. The van der Waals surface area contributed by atoms with Crippen LogP contribution in [0, 0.1) is 0 Å². The zero-order chi connectivity index (χ0) is 18.9. The van der Waals surface area contributed by atoms with Gasteiger partial charge in [-0.1, -0.05) is 54.6 Å². The molecule has 27 heavy (non-hydrogen) atoms. The summed E-state index contributed by atoms with van der Waals surface area (Å²) in [5.74, 6) is -0.869. The molecule has 0 aliphatic rings. The smallest absolute Gasteiger partial charge is 0.287 e. The fraction of sp³-hybridized carbons (Fsp3) is 0. The first kappa shape index (κ1) is 18.3. The Kier molecular flexibility index (Phi) is 6.27. The van der Waals surface area contributed by atoms with Gasteiger partial charge in [0.1, 0.15) is 5.70 Å². The zero-order valence-corrected chi connectivity index (χ0v) is 15.1. The summed E-state index contributed by atoms with van der Waals surface area (Å²) in [6.45, 7) is 0. The third-order valence-electron chi connectivity index (χ3n) is 3.54. The third-order valence-corrected chi connectivity index (χ3v) is 4.35. The molecule has 134 valence electrons. The van der Waals surface area contributed by atoms with Gasteiger partial charge in [0.05, 0.1) is 6.21 Å². The number of amides is 2. The van der Waals surface area contributed by atoms with Crippen LogP contribution in [0.25, 0.3) is 6.08 Å². The zero-order valence-electron chi connectivity index (χ0n) is 14.3. The van der Waals surface area contributed by atoms with Gasteiger partial charge in [-0.05, 0) is 35.2 Å². The minimum atomic E-state index is -0.504. The molecule has 0 unspecified atom stereocenters. The number of carbonyl (C=O) groups is 2. The van der Waals surface area contributed by atoms with Crippen LogP contribution in [-0.2, 0) is 4.79 Å². The second kappa shape index (κ2) is 9.26. The van der Waals surface area contributed by atoms with E-state index in [0.29, 0.717) is 5.56 Å². The first-order chi connectivity index (χ1) is 13.2. The molecule has 0 aliphatic carbocycles. The number of benzene rings is 2. The predicted octanol–water partition coefficient (Wildman–Crippen LogP) is 3.67. The van der Waals surface area contributed by atoms with Gasteiger partial charge in [-0.2, -0.15) is 5.10 Å². The quantitative estimate of drug-likeness (QED) is 0.392. The normalized spacial score (nSPS) is 11.3. The highest BCUT2D eigenvalue weighted by atomic mass is 32.1. The summed E-state index contributed by atoms with van der Waals surface area (Å²) in [4.78, 5) is 25.9. The lowest BCUT2D eigenvalue weighted by Crippen LogP contribution is -2.32. The van der Waals surface area contributed by atoms with Gasteiger partial charge in [0, 0.05) is 10.4 Å². The summed E-state index contributed by atoms with van der Waals surface area (Å²) in [6, 6.07) is 21.8. The van der Waals surface area contributed by atoms with E-state index in [1.54, 1.807) is 36.6 Å². The topological polar surface area (TPSA) is 70.6 Å². The van der Waals surface area contributed by atoms with E-state index in [-0.39, 0.29) is 11.6 Å². The van der Waals surface area contributed by atoms with Crippen molar-refractivity contribution in [1.82, 2.24) is 10.7 Å². The molecule has 1 heterocycles. The lowest BCUT2D eigenvalue weighted by Gasteiger charge is -2.09. The Morgan fingerprint density at radius 1 is 0.889 bits per heavy atom. The molecule has 0 fully saturated rings. The van der Waals surface area contributed by atoms with Crippen LogP contribution in [0.5, 0.6) is 0 Å². The van der Waals surface area contributed by atoms with E-state index in [4.69, 9.17) is 0 Å². The SMILES string of the molecule is O=C(N/N=C/c1cccs1)/C(=C\c1ccccc1)NC(=O)c1ccccc1. The van der Waals surface area contributed by atoms with E-state index in [1.165, 1.54) is 11.3 Å². The summed E-state index contributed by atoms with van der Waals surface area (Å²) in [5.41, 5.74) is 3.82. The highest BCUT2D eigenvalue weighted by Crippen LogP contribution is 2.08. The predicted molar refractivity (Wildman–Crippen MR) is 108 cm³/mol. The lowest BCUT2D eigenvalue weighted by atomic mass is 10.1. The molecule has 0 radical (unpaired) electrons. The van der Waals surface area contributed by atoms with Crippen LogP contribution in [0.4, 0.5) is 0 Å². The maximum Gasteiger partial charge on any atom is 0.287 e. The van der Waals surface area contributed by atoms with Crippen LogP contribution < -0.4 is 10.7 Å². The Hall–Kier alpha value is -3.51. The molecular formula is C21H17N3O2S. The van der Waals surface area contributed by atoms with Gasteiger partial charge in [0.15, 0.2) is 0 Å². The number of rotatable bonds is 6. The Labute approximate surface area is 161 Å². The molecule has 1 aromatic heterocycles. The first-order valence-corrected chi connectivity index (χ1v) is 9.10. The van der Waals surface area contributed by atoms with E-state index in [1.807, 2.05) is 53.9 Å². The molecule has 6 heteroatoms. The molecular weight excluding hydrogens is 358 g/mol. The molecule has 0 bridgehead atoms. The van der Waals surface area contributed by atoms with E-state index in [9.17, 15) is 9.59 Å². The molecule has 2 N–H and O–H groups in total. The second-order valence-electron chi connectivity index (χ2n) is 5.50. The summed E-state index contributed by atoms with van der Waals surface area (Å²) in [7, 11) is 0. The fourth-order valence-corrected chi connectivity index (χ4v) is 2.82. The average molecular weight is 375 g/mol. The minimum Gasteiger partial charge on any atom is -0.317 e. The number of thiophene rings is 1. The van der Waals surface area contributed by atoms with Crippen molar-refractivity contribution >= 4 is 35.4 Å². The van der Waals surface area contributed by atoms with Crippen molar-refractivity contribution in [2.24, 2.45) is 5.10 Å². The van der Waals surface area contributed by atoms with Crippen molar-refractivity contribution < 1.29 is 9.59 Å². The van der Waals surface area contributed by atoms with Gasteiger partial charge < -0.3 is 5.32 Å². The van der Waals surface area contributed by atoms with Crippen LogP contribution in [0.3, 0.4) is 0 Å². The van der Waals surface area contributed by atoms with Gasteiger partial charge in [-0.25, -0.2) is 5.43 Å². The second-order valence-corrected chi connectivity index (χ2v) is 6.48. The van der Waals surface area contributed by atoms with Crippen molar-refractivity contribution in [3.8, 4) is 0 Å². The molecule has 3 rings (SSSR count). The van der Waals surface area contributed by atoms with Crippen molar-refractivity contribution in [3.63, 3.8) is 0 Å². The van der Waals surface area contributed by atoms with E-state index >= 15 is 0 Å². The number of nitrogens with zero attached hydrogens (tertiary/aromatic N) is 1. The highest BCUT2D eigenvalue weighted by molar-refractivity contribution is 7.11. The van der Waals surface area contributed by atoms with Gasteiger partial charge in [-0.3, -0.25) is 9.59 Å². The molecule has 0 atom stereocenters. The summed E-state index contributed by atoms with van der Waals surface area (Å²) in [6.07, 6.45) is 3.17. The van der Waals surface area contributed by atoms with Crippen LogP contribution in [-0.4, -0.2) is 18.0 Å². The lowest BCUT2D eigenvalue weighted by molar-refractivity contribution is -0.117. The van der Waals surface area contributed by atoms with E-state index in [0.717, 1.165) is 10.4 Å². The Morgan fingerprint density at radius 2 is 1.59 bits per heavy atom. The standard InChI is InChI=1S/C21H17N3O2S/c25-20(17-10-5-2-6-11-17)23-19(14-16-8-3-1-4-9-16)21(26)24-22-15-18-12-7-13-27-18/h1-15H,(H,23,25)(H,24,26)/b19-14+,22-15+. The number of nitrogens with one attached hydrogen (secondary N) is 2. The highest BCUT2D eigenvalue weighted by Gasteiger charge is 2.14. The van der Waals surface area contributed by atoms with E-state index in [2.05, 4.69) is 15.8 Å². The Bertz CT molecular complexity index is 950. The van der Waals surface area contributed by atoms with Crippen LogP contribution in [0.2, 0.25) is 0 Å². The van der Waals surface area contributed by atoms with Crippen LogP contribution in [0.15, 0.2) is 89.0 Å². The molecule has 2 aromatic carbocycles. The first-order valence-electron chi connectivity index (χ1n) is 8.22. The third kappa shape index (κ3) is 5.49. The molecule has 0 aliphatic heterocycles. The van der Waals surface area contributed by atoms with E-state index < -0.39 is 5.91 Å². The van der Waals surface area contributed by atoms with Gasteiger partial charge in [0.2, 0.25) is 0 Å². The van der Waals surface area contributed by atoms with Crippen LogP contribution >= 0.6 is 11.3 Å². The van der Waals surface area contributed by atoms with Gasteiger partial charge in [0.25, 0.3) is 11.8 Å². The number of hydrogen-bond donors (Lipinski definition) is 2. The van der Waals surface area contributed by atoms with Crippen molar-refractivity contribution in [2.75, 3.05) is 0 Å². The number of carbonyl (C=O) groups excluding carboxylic acids is 2. The average Bonchev–Trinajstić information content (AvgIpc) is 3.22. The number of hydrazone groups is 1. The van der Waals surface area contributed by atoms with Crippen molar-refractivity contribution in [2.45, 2.75) is 0 Å². The number of hydrogen-bond acceptors (Lipinski definition) is 4. The maximum atomic E-state index is 12.5. The monoisotopic (exact) mass is 375 g/mol. The fourth-order valence-electron chi connectivity index (χ4n) is 2.24. The maximum absolute atomic E-state index is 12.5. The molecule has 2 amide bonds. The molecule has 5 nitrogen and oxygen atoms in total.